The highest BCUT2D eigenvalue weighted by Crippen LogP contribution is 2.50. The topological polar surface area (TPSA) is 181 Å². The molecule has 39 heavy (non-hydrogen) atoms. The minimum atomic E-state index is -4.01. The molecule has 14 heteroatoms. The lowest BCUT2D eigenvalue weighted by Gasteiger charge is -2.28. The Morgan fingerprint density at radius 2 is 1.87 bits per heavy atom. The summed E-state index contributed by atoms with van der Waals surface area (Å²) in [6, 6.07) is 19.5. The number of ether oxygens (including phenoxy) is 1. The van der Waals surface area contributed by atoms with Gasteiger partial charge in [-0.3, -0.25) is 23.4 Å². The highest BCUT2D eigenvalue weighted by Gasteiger charge is 2.54. The number of nitrogens with zero attached hydrogens (tertiary/aromatic N) is 4. The normalized spacial score (nSPS) is 24.9. The van der Waals surface area contributed by atoms with Gasteiger partial charge in [-0.2, -0.15) is 0 Å². The zero-order valence-electron chi connectivity index (χ0n) is 21.3. The highest BCUT2D eigenvalue weighted by molar-refractivity contribution is 7.51. The summed E-state index contributed by atoms with van der Waals surface area (Å²) in [5, 5.41) is 17.6. The molecular weight excluding hydrogens is 527 g/mol. The van der Waals surface area contributed by atoms with Crippen LogP contribution in [0.15, 0.2) is 87.6 Å². The SMILES string of the molecule is C[C@H](OP(=O)(NCc1ccccc1)OC[C@H]1O[C@@H](n2ccc(=O)[nH]c2=O)[C@](C)(N=[N+]=[N-])[C@@H]1O)c1ccccc1. The van der Waals surface area contributed by atoms with E-state index in [0.717, 1.165) is 21.8 Å². The molecule has 2 heterocycles. The molecule has 4 rings (SSSR count). The molecule has 1 aromatic heterocycles. The van der Waals surface area contributed by atoms with Crippen molar-refractivity contribution in [1.82, 2.24) is 14.6 Å². The van der Waals surface area contributed by atoms with Crippen LogP contribution in [0.2, 0.25) is 0 Å². The molecular formula is C25H29N6O7P. The molecule has 13 nitrogen and oxygen atoms in total. The van der Waals surface area contributed by atoms with E-state index in [1.54, 1.807) is 6.92 Å². The lowest BCUT2D eigenvalue weighted by molar-refractivity contribution is -0.0475. The third-order valence-corrected chi connectivity index (χ3v) is 8.04. The van der Waals surface area contributed by atoms with E-state index in [4.69, 9.17) is 19.3 Å². The van der Waals surface area contributed by atoms with Crippen LogP contribution in [0.1, 0.15) is 37.3 Å². The van der Waals surface area contributed by atoms with E-state index in [2.05, 4.69) is 20.1 Å². The summed E-state index contributed by atoms with van der Waals surface area (Å²) in [6.45, 7) is 2.86. The number of H-pyrrole nitrogens is 1. The van der Waals surface area contributed by atoms with E-state index in [0.29, 0.717) is 0 Å². The maximum atomic E-state index is 13.9. The van der Waals surface area contributed by atoms with Gasteiger partial charge in [0.25, 0.3) is 5.56 Å². The fourth-order valence-corrected chi connectivity index (χ4v) is 5.74. The molecule has 0 radical (unpaired) electrons. The summed E-state index contributed by atoms with van der Waals surface area (Å²) < 4.78 is 32.4. The van der Waals surface area contributed by atoms with Gasteiger partial charge in [0.05, 0.1) is 18.8 Å². The number of aromatic amines is 1. The minimum Gasteiger partial charge on any atom is -0.389 e. The molecule has 0 aliphatic carbocycles. The van der Waals surface area contributed by atoms with Crippen molar-refractivity contribution in [3.63, 3.8) is 0 Å². The predicted molar refractivity (Wildman–Crippen MR) is 142 cm³/mol. The number of azide groups is 1. The third kappa shape index (κ3) is 6.55. The second-order valence-corrected chi connectivity index (χ2v) is 11.0. The van der Waals surface area contributed by atoms with Crippen LogP contribution in [0, 0.1) is 0 Å². The number of hydrogen-bond acceptors (Lipinski definition) is 8. The fraction of sp³-hybridized carbons (Fsp3) is 0.360. The second kappa shape index (κ2) is 12.1. The highest BCUT2D eigenvalue weighted by atomic mass is 31.2. The first-order chi connectivity index (χ1) is 18.6. The first-order valence-electron chi connectivity index (χ1n) is 12.1. The maximum Gasteiger partial charge on any atom is 0.406 e. The van der Waals surface area contributed by atoms with Crippen LogP contribution >= 0.6 is 7.75 Å². The monoisotopic (exact) mass is 556 g/mol. The Bertz CT molecular complexity index is 1480. The van der Waals surface area contributed by atoms with Gasteiger partial charge in [0.1, 0.15) is 11.6 Å². The Kier molecular flexibility index (Phi) is 8.83. The van der Waals surface area contributed by atoms with Gasteiger partial charge in [0.15, 0.2) is 6.23 Å². The van der Waals surface area contributed by atoms with E-state index >= 15 is 0 Å². The zero-order chi connectivity index (χ0) is 28.0. The van der Waals surface area contributed by atoms with Crippen molar-refractivity contribution in [2.75, 3.05) is 6.61 Å². The molecule has 1 saturated heterocycles. The zero-order valence-corrected chi connectivity index (χ0v) is 22.2. The molecule has 3 N–H and O–H groups in total. The number of nitrogens with one attached hydrogen (secondary N) is 2. The molecule has 0 bridgehead atoms. The van der Waals surface area contributed by atoms with Crippen molar-refractivity contribution in [1.29, 1.82) is 0 Å². The Morgan fingerprint density at radius 1 is 1.21 bits per heavy atom. The first kappa shape index (κ1) is 28.5. The van der Waals surface area contributed by atoms with E-state index in [9.17, 15) is 19.3 Å². The molecule has 6 atom stereocenters. The molecule has 1 aliphatic rings. The molecule has 0 saturated carbocycles. The van der Waals surface area contributed by atoms with Gasteiger partial charge in [-0.05, 0) is 30.5 Å². The molecule has 1 unspecified atom stereocenters. The van der Waals surface area contributed by atoms with Gasteiger partial charge >= 0.3 is 13.4 Å². The van der Waals surface area contributed by atoms with E-state index in [-0.39, 0.29) is 6.54 Å². The van der Waals surface area contributed by atoms with E-state index in [1.165, 1.54) is 13.1 Å². The van der Waals surface area contributed by atoms with E-state index in [1.807, 2.05) is 60.7 Å². The van der Waals surface area contributed by atoms with Gasteiger partial charge in [0.2, 0.25) is 0 Å². The number of hydrogen-bond donors (Lipinski definition) is 3. The Labute approximate surface area is 223 Å². The van der Waals surface area contributed by atoms with Crippen LogP contribution in [-0.4, -0.2) is 39.0 Å². The minimum absolute atomic E-state index is 0.166. The van der Waals surface area contributed by atoms with Crippen molar-refractivity contribution in [3.8, 4) is 0 Å². The van der Waals surface area contributed by atoms with Crippen molar-refractivity contribution >= 4 is 7.75 Å². The van der Waals surface area contributed by atoms with Crippen LogP contribution in [0.3, 0.4) is 0 Å². The average molecular weight is 557 g/mol. The standard InChI is InChI=1S/C25H29N6O7P/c1-17(19-11-7-4-8-12-19)38-39(35,27-15-18-9-5-3-6-10-18)36-16-20-22(33)25(2,29-30-26)23(37-20)31-14-13-21(32)28-24(31)34/h3-14,17,20,22-23,33H,15-16H2,1-2H3,(H,27,35)(H,28,32,34)/t17-,20+,22+,23+,25+,39?/m0/s1. The molecule has 2 aromatic carbocycles. The van der Waals surface area contributed by atoms with Gasteiger partial charge in [-0.1, -0.05) is 65.8 Å². The third-order valence-electron chi connectivity index (χ3n) is 6.41. The van der Waals surface area contributed by atoms with Crippen molar-refractivity contribution in [3.05, 3.63) is 115 Å². The van der Waals surface area contributed by atoms with Gasteiger partial charge < -0.3 is 9.84 Å². The number of aliphatic hydroxyl groups is 1. The van der Waals surface area contributed by atoms with Crippen LogP contribution in [0.25, 0.3) is 10.4 Å². The first-order valence-corrected chi connectivity index (χ1v) is 13.7. The van der Waals surface area contributed by atoms with Crippen molar-refractivity contribution in [2.45, 2.75) is 50.5 Å². The maximum absolute atomic E-state index is 13.9. The lowest BCUT2D eigenvalue weighted by atomic mass is 9.93. The number of aliphatic hydroxyl groups excluding tert-OH is 1. The quantitative estimate of drug-likeness (QED) is 0.139. The summed E-state index contributed by atoms with van der Waals surface area (Å²) in [7, 11) is -4.01. The van der Waals surface area contributed by atoms with Crippen LogP contribution in [0.5, 0.6) is 0 Å². The smallest absolute Gasteiger partial charge is 0.389 e. The molecule has 206 valence electrons. The van der Waals surface area contributed by atoms with E-state index < -0.39 is 55.7 Å². The molecule has 0 amide bonds. The molecule has 1 aliphatic heterocycles. The Balaban J connectivity index is 1.57. The van der Waals surface area contributed by atoms with Gasteiger partial charge in [-0.15, -0.1) is 0 Å². The molecule has 1 fully saturated rings. The average Bonchev–Trinajstić information content (AvgIpc) is 3.17. The largest absolute Gasteiger partial charge is 0.406 e. The van der Waals surface area contributed by atoms with Gasteiger partial charge in [-0.25, -0.2) is 14.4 Å². The van der Waals surface area contributed by atoms with Crippen LogP contribution in [0.4, 0.5) is 0 Å². The summed E-state index contributed by atoms with van der Waals surface area (Å²) in [4.78, 5) is 28.9. The van der Waals surface area contributed by atoms with Gasteiger partial charge in [0, 0.05) is 23.7 Å². The summed E-state index contributed by atoms with van der Waals surface area (Å²) in [5.74, 6) is 0. The Hall–Kier alpha value is -3.54. The number of benzene rings is 2. The Morgan fingerprint density at radius 3 is 2.51 bits per heavy atom. The second-order valence-electron chi connectivity index (χ2n) is 9.18. The predicted octanol–water partition coefficient (Wildman–Crippen LogP) is 3.56. The summed E-state index contributed by atoms with van der Waals surface area (Å²) in [5.41, 5.74) is 7.65. The summed E-state index contributed by atoms with van der Waals surface area (Å²) in [6.07, 6.45) is -3.37. The van der Waals surface area contributed by atoms with Crippen molar-refractivity contribution < 1.29 is 23.5 Å². The molecule has 3 aromatic rings. The number of aromatic nitrogens is 2. The lowest BCUT2D eigenvalue weighted by Crippen LogP contribution is -2.45. The van der Waals surface area contributed by atoms with Crippen LogP contribution in [-0.2, 0) is 24.9 Å². The summed E-state index contributed by atoms with van der Waals surface area (Å²) >= 11 is 0. The number of rotatable bonds is 11. The molecule has 0 spiro atoms. The van der Waals surface area contributed by atoms with Crippen LogP contribution < -0.4 is 16.3 Å². The fourth-order valence-electron chi connectivity index (χ4n) is 4.26. The van der Waals surface area contributed by atoms with Crippen molar-refractivity contribution in [2.24, 2.45) is 5.11 Å².